The fourth-order valence-corrected chi connectivity index (χ4v) is 11.7. The summed E-state index contributed by atoms with van der Waals surface area (Å²) in [7, 11) is -2.26. The molecular formula is C41H50O3P2. The molecule has 0 spiro atoms. The lowest BCUT2D eigenvalue weighted by atomic mass is 9.81. The molecule has 0 aliphatic carbocycles. The van der Waals surface area contributed by atoms with E-state index in [1.165, 1.54) is 57.3 Å². The van der Waals surface area contributed by atoms with E-state index in [1.807, 2.05) is 0 Å². The number of rotatable bonds is 5. The molecule has 1 fully saturated rings. The van der Waals surface area contributed by atoms with Crippen molar-refractivity contribution in [1.82, 2.24) is 0 Å². The van der Waals surface area contributed by atoms with Gasteiger partial charge in [0.2, 0.25) is 0 Å². The van der Waals surface area contributed by atoms with Crippen LogP contribution in [0.4, 0.5) is 0 Å². The SMILES string of the molecule is Cc1cc(C(C)(C)C)c2op(OCP3[C@H](c4ccccc4)CC[C@H]3c3ccccc3)oc3c(C(C)(C)C)cc(C)c(C)c3c2c1C. The van der Waals surface area contributed by atoms with E-state index >= 15 is 0 Å². The molecule has 1 aliphatic rings. The lowest BCUT2D eigenvalue weighted by molar-refractivity contribution is 0.429. The molecule has 46 heavy (non-hydrogen) atoms. The molecule has 0 N–H and O–H groups in total. The summed E-state index contributed by atoms with van der Waals surface area (Å²) in [5.41, 5.74) is 12.8. The van der Waals surface area contributed by atoms with Crippen molar-refractivity contribution in [3.05, 3.63) is 117 Å². The number of aryl methyl sites for hydroxylation is 4. The molecule has 1 saturated heterocycles. The molecule has 0 saturated carbocycles. The first-order valence-corrected chi connectivity index (χ1v) is 19.5. The predicted octanol–water partition coefficient (Wildman–Crippen LogP) is 13.3. The molecule has 2 heterocycles. The van der Waals surface area contributed by atoms with Crippen LogP contribution < -0.4 is 4.52 Å². The van der Waals surface area contributed by atoms with E-state index in [4.69, 9.17) is 12.9 Å². The summed E-state index contributed by atoms with van der Waals surface area (Å²) >= 11 is 0. The van der Waals surface area contributed by atoms with Gasteiger partial charge in [-0.25, -0.2) is 0 Å². The Hall–Kier alpha value is -2.83. The summed E-state index contributed by atoms with van der Waals surface area (Å²) in [6.07, 6.45) is 2.97. The third kappa shape index (κ3) is 6.24. The Morgan fingerprint density at radius 3 is 1.39 bits per heavy atom. The van der Waals surface area contributed by atoms with E-state index in [1.54, 1.807) is 0 Å². The average molecular weight is 653 g/mol. The summed E-state index contributed by atoms with van der Waals surface area (Å²) in [4.78, 5) is 0. The lowest BCUT2D eigenvalue weighted by Crippen LogP contribution is -2.13. The molecule has 242 valence electrons. The molecule has 5 aromatic rings. The first kappa shape index (κ1) is 33.1. The summed E-state index contributed by atoms with van der Waals surface area (Å²) in [6, 6.07) is 26.7. The van der Waals surface area contributed by atoms with Gasteiger partial charge in [0, 0.05) is 33.2 Å². The van der Waals surface area contributed by atoms with Gasteiger partial charge in [-0.2, -0.15) is 0 Å². The van der Waals surface area contributed by atoms with Gasteiger partial charge in [0.05, 0.1) is 6.35 Å². The maximum atomic E-state index is 7.07. The number of hydrogen-bond acceptors (Lipinski definition) is 3. The van der Waals surface area contributed by atoms with Gasteiger partial charge >= 0.3 is 8.24 Å². The largest absolute Gasteiger partial charge is 0.399 e. The minimum atomic E-state index is -1.72. The van der Waals surface area contributed by atoms with Crippen LogP contribution in [0.1, 0.15) is 110 Å². The van der Waals surface area contributed by atoms with Crippen molar-refractivity contribution < 1.29 is 12.9 Å². The first-order valence-electron chi connectivity index (χ1n) is 16.7. The molecule has 2 atom stereocenters. The topological polar surface area (TPSA) is 35.5 Å². The fourth-order valence-electron chi connectivity index (χ4n) is 7.14. The Kier molecular flexibility index (Phi) is 9.10. The Bertz CT molecular complexity index is 1780. The van der Waals surface area contributed by atoms with Crippen molar-refractivity contribution in [2.75, 3.05) is 6.35 Å². The molecule has 4 aromatic carbocycles. The van der Waals surface area contributed by atoms with Gasteiger partial charge in [0.15, 0.2) is 0 Å². The zero-order chi connectivity index (χ0) is 33.0. The summed E-state index contributed by atoms with van der Waals surface area (Å²) < 4.78 is 21.1. The second-order valence-electron chi connectivity index (χ2n) is 15.2. The van der Waals surface area contributed by atoms with E-state index in [0.29, 0.717) is 17.7 Å². The quantitative estimate of drug-likeness (QED) is 0.177. The normalized spacial score (nSPS) is 17.7. The zero-order valence-corrected chi connectivity index (χ0v) is 31.1. The van der Waals surface area contributed by atoms with E-state index < -0.39 is 16.2 Å². The van der Waals surface area contributed by atoms with Gasteiger partial charge in [-0.15, -0.1) is 0 Å². The van der Waals surface area contributed by atoms with E-state index in [-0.39, 0.29) is 10.8 Å². The highest BCUT2D eigenvalue weighted by Gasteiger charge is 2.38. The maximum Gasteiger partial charge on any atom is 0.387 e. The van der Waals surface area contributed by atoms with Crippen LogP contribution in [0.25, 0.3) is 21.9 Å². The predicted molar refractivity (Wildman–Crippen MR) is 199 cm³/mol. The van der Waals surface area contributed by atoms with Gasteiger partial charge in [-0.3, -0.25) is 4.52 Å². The van der Waals surface area contributed by atoms with Gasteiger partial charge in [-0.1, -0.05) is 122 Å². The highest BCUT2D eigenvalue weighted by atomic mass is 31.1. The summed E-state index contributed by atoms with van der Waals surface area (Å²) in [5, 5.41) is 2.33. The third-order valence-corrected chi connectivity index (χ3v) is 14.3. The molecule has 0 unspecified atom stereocenters. The van der Waals surface area contributed by atoms with Gasteiger partial charge in [0.1, 0.15) is 11.2 Å². The van der Waals surface area contributed by atoms with Crippen molar-refractivity contribution in [1.29, 1.82) is 0 Å². The minimum absolute atomic E-state index is 0.120. The van der Waals surface area contributed by atoms with Crippen LogP contribution in [-0.2, 0) is 10.8 Å². The van der Waals surface area contributed by atoms with Gasteiger partial charge in [-0.05, 0) is 84.7 Å². The van der Waals surface area contributed by atoms with E-state index in [9.17, 15) is 0 Å². The second kappa shape index (κ2) is 12.6. The summed E-state index contributed by atoms with van der Waals surface area (Å²) in [6.45, 7) is 22.6. The molecule has 0 bridgehead atoms. The van der Waals surface area contributed by atoms with Crippen LogP contribution in [0.5, 0.6) is 0 Å². The average Bonchev–Trinajstić information content (AvgIpc) is 3.35. The standard InChI is InChI=1S/C41H50O3P2/c1-26-23-32(40(5,6)7)38-36(28(26)3)37-29(4)27(2)24-33(41(8,9)10)39(37)44-46(43-38)42-25-45-34(30-17-13-11-14-18-30)21-22-35(45)31-19-15-12-16-20-31/h11-20,23-24,34-35H,21-22,25H2,1-10H3/t34-,35-/m0/s1. The van der Waals surface area contributed by atoms with Crippen LogP contribution >= 0.6 is 16.2 Å². The highest BCUT2D eigenvalue weighted by molar-refractivity contribution is 7.59. The first-order chi connectivity index (χ1) is 21.8. The Morgan fingerprint density at radius 1 is 0.630 bits per heavy atom. The Morgan fingerprint density at radius 2 is 1.02 bits per heavy atom. The Labute approximate surface area is 278 Å². The second-order valence-corrected chi connectivity index (χ2v) is 18.9. The fraction of sp³-hybridized carbons (Fsp3) is 0.415. The summed E-state index contributed by atoms with van der Waals surface area (Å²) in [5.74, 6) is 0. The van der Waals surface area contributed by atoms with E-state index in [2.05, 4.69) is 142 Å². The van der Waals surface area contributed by atoms with Crippen molar-refractivity contribution in [2.45, 2.75) is 104 Å². The van der Waals surface area contributed by atoms with Gasteiger partial charge < -0.3 is 8.39 Å². The van der Waals surface area contributed by atoms with Crippen molar-refractivity contribution >= 4 is 38.1 Å². The molecule has 6 rings (SSSR count). The Balaban J connectivity index is 1.59. The van der Waals surface area contributed by atoms with Gasteiger partial charge in [0.25, 0.3) is 0 Å². The highest BCUT2D eigenvalue weighted by Crippen LogP contribution is 2.70. The van der Waals surface area contributed by atoms with Crippen LogP contribution in [0, 0.1) is 27.7 Å². The van der Waals surface area contributed by atoms with Crippen LogP contribution in [-0.4, -0.2) is 6.35 Å². The van der Waals surface area contributed by atoms with Crippen molar-refractivity contribution in [3.63, 3.8) is 0 Å². The molecule has 0 radical (unpaired) electrons. The number of benzene rings is 4. The molecule has 1 aromatic heterocycles. The van der Waals surface area contributed by atoms with E-state index in [0.717, 1.165) is 21.9 Å². The van der Waals surface area contributed by atoms with Crippen LogP contribution in [0.15, 0.2) is 81.2 Å². The molecule has 0 amide bonds. The van der Waals surface area contributed by atoms with Crippen molar-refractivity contribution in [2.24, 2.45) is 0 Å². The van der Waals surface area contributed by atoms with Crippen molar-refractivity contribution in [3.8, 4) is 0 Å². The lowest BCUT2D eigenvalue weighted by Gasteiger charge is -2.26. The molecule has 1 aliphatic heterocycles. The van der Waals surface area contributed by atoms with Crippen LogP contribution in [0.3, 0.4) is 0 Å². The number of fused-ring (bicyclic) bond motifs is 3. The maximum absolute atomic E-state index is 7.07. The zero-order valence-electron chi connectivity index (χ0n) is 29.3. The smallest absolute Gasteiger partial charge is 0.387 e. The van der Waals surface area contributed by atoms with Crippen LogP contribution in [0.2, 0.25) is 0 Å². The molecular weight excluding hydrogens is 602 g/mol. The molecule has 5 heteroatoms. The monoisotopic (exact) mass is 652 g/mol. The number of hydrogen-bond donors (Lipinski definition) is 0. The minimum Gasteiger partial charge on any atom is -0.399 e. The third-order valence-electron chi connectivity index (χ3n) is 9.99. The molecule has 3 nitrogen and oxygen atoms in total.